The van der Waals surface area contributed by atoms with E-state index in [4.69, 9.17) is 42.3 Å². The molecule has 3 aliphatic rings. The summed E-state index contributed by atoms with van der Waals surface area (Å²) in [6.45, 7) is 14.6. The SMILES string of the molecule is CC1(C)OB(c2ccc(C(N)=O)cc2)OC1(C)C.C[C@H]1CCCN1c1cccc(Nc2cc(-c3ccc(C(N)=O)cc3)cn3ncnc23)n1.C[C@H]1CCCN1c1cccc(Nc2cc(Cl)cn3ncnc23)n1. The highest BCUT2D eigenvalue weighted by atomic mass is 35.5. The van der Waals surface area contributed by atoms with Gasteiger partial charge in [0.1, 0.15) is 35.9 Å². The summed E-state index contributed by atoms with van der Waals surface area (Å²) < 4.78 is 15.2. The van der Waals surface area contributed by atoms with Crippen LogP contribution < -0.4 is 37.4 Å². The summed E-state index contributed by atoms with van der Waals surface area (Å²) in [5, 5.41) is 15.7. The molecule has 3 aliphatic heterocycles. The summed E-state index contributed by atoms with van der Waals surface area (Å²) in [6.07, 6.45) is 11.5. The molecular formula is C52H58BClN14O4. The molecule has 0 spiro atoms. The molecule has 0 radical (unpaired) electrons. The summed E-state index contributed by atoms with van der Waals surface area (Å²) in [5.41, 5.74) is 16.6. The average Bonchev–Trinajstić information content (AvgIpc) is 4.22. The number of hydrogen-bond donors (Lipinski definition) is 4. The van der Waals surface area contributed by atoms with E-state index >= 15 is 0 Å². The number of pyridine rings is 4. The number of primary amides is 2. The van der Waals surface area contributed by atoms with Crippen LogP contribution in [0.2, 0.25) is 5.02 Å². The predicted octanol–water partition coefficient (Wildman–Crippen LogP) is 8.22. The number of fused-ring (bicyclic) bond motifs is 2. The Hall–Kier alpha value is -7.61. The van der Waals surface area contributed by atoms with Gasteiger partial charge in [-0.15, -0.1) is 0 Å². The third-order valence-electron chi connectivity index (χ3n) is 13.6. The summed E-state index contributed by atoms with van der Waals surface area (Å²) in [6, 6.07) is 31.1. The standard InChI is InChI=1S/C23H23N7O.C16H17ClN6.C13H18BNO3/c1-15-4-3-11-29(15)21-6-2-5-20(28-21)27-19-12-18(13-30-23(19)25-14-26-30)16-7-9-17(10-8-16)22(24)31;1-11-4-3-7-22(11)15-6-2-5-14(21-15)20-13-8-12(17)9-23-16(13)18-10-19-23;1-12(2)13(3,4)18-14(17-12)10-7-5-9(6-8-10)11(15)16/h2,5-10,12-15H,3-4,11H2,1H3,(H2,24,31)(H,27,28);2,5-6,8-11H,3-4,7H2,1H3,(H,20,21);5-8H,1-4H3,(H2,15,16)/t15-;11-;/m00./s1. The molecule has 0 bridgehead atoms. The van der Waals surface area contributed by atoms with Crippen molar-refractivity contribution in [3.05, 3.63) is 138 Å². The van der Waals surface area contributed by atoms with Gasteiger partial charge in [-0.3, -0.25) is 9.59 Å². The predicted molar refractivity (Wildman–Crippen MR) is 283 cm³/mol. The van der Waals surface area contributed by atoms with Crippen LogP contribution in [-0.2, 0) is 9.31 Å². The van der Waals surface area contributed by atoms with E-state index in [1.807, 2.05) is 94.6 Å². The van der Waals surface area contributed by atoms with Gasteiger partial charge in [0, 0.05) is 54.3 Å². The average molecular weight is 989 g/mol. The molecule has 3 saturated heterocycles. The van der Waals surface area contributed by atoms with Crippen LogP contribution in [0.5, 0.6) is 0 Å². The Morgan fingerprint density at radius 2 is 1.12 bits per heavy atom. The van der Waals surface area contributed by atoms with Crippen LogP contribution in [-0.4, -0.2) is 94.5 Å². The maximum Gasteiger partial charge on any atom is 0.494 e. The minimum atomic E-state index is -0.445. The third kappa shape index (κ3) is 10.8. The minimum absolute atomic E-state index is 0.361. The molecule has 3 fully saturated rings. The van der Waals surface area contributed by atoms with Gasteiger partial charge in [-0.05, 0) is 139 Å². The number of amides is 2. The lowest BCUT2D eigenvalue weighted by Crippen LogP contribution is -2.41. The number of nitrogens with two attached hydrogens (primary N) is 2. The first-order valence-electron chi connectivity index (χ1n) is 24.0. The quantitative estimate of drug-likeness (QED) is 0.0949. The fraction of sp³-hybridized carbons (Fsp3) is 0.308. The summed E-state index contributed by atoms with van der Waals surface area (Å²) in [4.78, 5) is 45.3. The number of halogens is 1. The normalized spacial score (nSPS) is 17.8. The van der Waals surface area contributed by atoms with Gasteiger partial charge in [0.05, 0.1) is 27.6 Å². The van der Waals surface area contributed by atoms with Crippen molar-refractivity contribution >= 4 is 81.9 Å². The fourth-order valence-electron chi connectivity index (χ4n) is 8.90. The van der Waals surface area contributed by atoms with Crippen molar-refractivity contribution in [2.24, 2.45) is 11.5 Å². The molecule has 0 unspecified atom stereocenters. The first-order valence-corrected chi connectivity index (χ1v) is 24.4. The Labute approximate surface area is 423 Å². The number of anilines is 6. The Bertz CT molecular complexity index is 3200. The van der Waals surface area contributed by atoms with E-state index in [0.717, 1.165) is 70.0 Å². The minimum Gasteiger partial charge on any atom is -0.399 e. The Morgan fingerprint density at radius 1 is 0.653 bits per heavy atom. The molecule has 6 aromatic heterocycles. The Balaban J connectivity index is 0.000000139. The Morgan fingerprint density at radius 3 is 1.60 bits per heavy atom. The smallest absolute Gasteiger partial charge is 0.399 e. The first kappa shape index (κ1) is 49.4. The molecule has 0 saturated carbocycles. The van der Waals surface area contributed by atoms with Crippen LogP contribution in [0.4, 0.5) is 34.6 Å². The van der Waals surface area contributed by atoms with Gasteiger partial charge in [0.2, 0.25) is 11.8 Å². The first-order chi connectivity index (χ1) is 34.5. The maximum atomic E-state index is 11.4. The van der Waals surface area contributed by atoms with E-state index < -0.39 is 18.9 Å². The number of aromatic nitrogens is 8. The number of carbonyl (C=O) groups is 2. The summed E-state index contributed by atoms with van der Waals surface area (Å²) in [7, 11) is -0.406. The van der Waals surface area contributed by atoms with Crippen molar-refractivity contribution in [2.45, 2.75) is 90.5 Å². The van der Waals surface area contributed by atoms with E-state index in [1.165, 1.54) is 38.3 Å². The maximum absolute atomic E-state index is 11.4. The number of hydrogen-bond acceptors (Lipinski definition) is 14. The number of rotatable bonds is 10. The molecule has 20 heteroatoms. The largest absolute Gasteiger partial charge is 0.494 e. The lowest BCUT2D eigenvalue weighted by molar-refractivity contribution is 0.00578. The zero-order valence-corrected chi connectivity index (χ0v) is 41.9. The highest BCUT2D eigenvalue weighted by Gasteiger charge is 2.51. The van der Waals surface area contributed by atoms with E-state index in [-0.39, 0.29) is 11.2 Å². The number of carbonyl (C=O) groups excluding carboxylic acids is 2. The molecule has 2 atom stereocenters. The van der Waals surface area contributed by atoms with Gasteiger partial charge in [-0.25, -0.2) is 29.0 Å². The van der Waals surface area contributed by atoms with Gasteiger partial charge in [0.25, 0.3) is 0 Å². The van der Waals surface area contributed by atoms with Gasteiger partial charge in [0.15, 0.2) is 11.3 Å². The van der Waals surface area contributed by atoms with E-state index in [1.54, 1.807) is 39.5 Å². The van der Waals surface area contributed by atoms with Crippen LogP contribution in [0.1, 0.15) is 87.9 Å². The van der Waals surface area contributed by atoms with Crippen molar-refractivity contribution in [1.29, 1.82) is 0 Å². The monoisotopic (exact) mass is 988 g/mol. The summed E-state index contributed by atoms with van der Waals surface area (Å²) in [5.74, 6) is 2.62. The van der Waals surface area contributed by atoms with Gasteiger partial charge >= 0.3 is 7.12 Å². The fourth-order valence-corrected chi connectivity index (χ4v) is 9.10. The number of benzene rings is 2. The lowest BCUT2D eigenvalue weighted by atomic mass is 9.79. The molecule has 6 N–H and O–H groups in total. The summed E-state index contributed by atoms with van der Waals surface area (Å²) >= 11 is 6.14. The Kier molecular flexibility index (Phi) is 14.1. The molecule has 2 aromatic carbocycles. The van der Waals surface area contributed by atoms with Gasteiger partial charge in [-0.2, -0.15) is 10.2 Å². The highest BCUT2D eigenvalue weighted by Crippen LogP contribution is 2.37. The van der Waals surface area contributed by atoms with Crippen molar-refractivity contribution in [1.82, 2.24) is 39.2 Å². The highest BCUT2D eigenvalue weighted by molar-refractivity contribution is 6.62. The van der Waals surface area contributed by atoms with E-state index in [0.29, 0.717) is 33.9 Å². The molecule has 2 amide bonds. The van der Waals surface area contributed by atoms with Crippen LogP contribution in [0.15, 0.2) is 122 Å². The van der Waals surface area contributed by atoms with Crippen LogP contribution in [0.3, 0.4) is 0 Å². The number of nitrogens with one attached hydrogen (secondary N) is 2. The second-order valence-corrected chi connectivity index (χ2v) is 19.6. The van der Waals surface area contributed by atoms with Gasteiger partial charge < -0.3 is 41.2 Å². The molecule has 370 valence electrons. The van der Waals surface area contributed by atoms with E-state index in [9.17, 15) is 9.59 Å². The van der Waals surface area contributed by atoms with Gasteiger partial charge in [-0.1, -0.05) is 48.0 Å². The molecule has 9 heterocycles. The van der Waals surface area contributed by atoms with Crippen LogP contribution in [0.25, 0.3) is 22.4 Å². The second-order valence-electron chi connectivity index (χ2n) is 19.2. The zero-order valence-electron chi connectivity index (χ0n) is 41.2. The second kappa shape index (κ2) is 20.6. The molecule has 18 nitrogen and oxygen atoms in total. The van der Waals surface area contributed by atoms with Crippen molar-refractivity contribution in [2.75, 3.05) is 33.5 Å². The van der Waals surface area contributed by atoms with Crippen molar-refractivity contribution in [3.63, 3.8) is 0 Å². The van der Waals surface area contributed by atoms with Crippen LogP contribution in [0, 0.1) is 0 Å². The van der Waals surface area contributed by atoms with Crippen molar-refractivity contribution < 1.29 is 18.9 Å². The number of nitrogens with zero attached hydrogens (tertiary/aromatic N) is 10. The molecular weight excluding hydrogens is 931 g/mol. The molecule has 0 aliphatic carbocycles. The van der Waals surface area contributed by atoms with Crippen LogP contribution >= 0.6 is 11.6 Å². The topological polar surface area (TPSA) is 221 Å². The molecule has 72 heavy (non-hydrogen) atoms. The molecule has 8 aromatic rings. The molecule has 11 rings (SSSR count). The van der Waals surface area contributed by atoms with E-state index in [2.05, 4.69) is 66.6 Å². The zero-order chi connectivity index (χ0) is 50.7. The lowest BCUT2D eigenvalue weighted by Gasteiger charge is -2.32. The third-order valence-corrected chi connectivity index (χ3v) is 13.8. The van der Waals surface area contributed by atoms with Crippen molar-refractivity contribution in [3.8, 4) is 11.1 Å².